The number of halogens is 1. The van der Waals surface area contributed by atoms with Crippen LogP contribution in [0.1, 0.15) is 28.8 Å². The third-order valence-electron chi connectivity index (χ3n) is 5.23. The van der Waals surface area contributed by atoms with Crippen LogP contribution in [0.3, 0.4) is 0 Å². The van der Waals surface area contributed by atoms with Gasteiger partial charge in [0.1, 0.15) is 11.6 Å². The smallest absolute Gasteiger partial charge is 0.251 e. The van der Waals surface area contributed by atoms with E-state index < -0.39 is 0 Å². The first-order valence-corrected chi connectivity index (χ1v) is 10.3. The molecule has 0 radical (unpaired) electrons. The molecule has 0 bridgehead atoms. The Morgan fingerprint density at radius 1 is 1.13 bits per heavy atom. The molecule has 31 heavy (non-hydrogen) atoms. The fourth-order valence-electron chi connectivity index (χ4n) is 3.46. The Balaban J connectivity index is 1.29. The van der Waals surface area contributed by atoms with Crippen LogP contribution in [0.5, 0.6) is 11.6 Å². The van der Waals surface area contributed by atoms with E-state index in [4.69, 9.17) is 4.74 Å². The summed E-state index contributed by atoms with van der Waals surface area (Å²) >= 11 is 0. The molecule has 1 aliphatic heterocycles. The molecule has 2 heterocycles. The number of hydrogen-bond acceptors (Lipinski definition) is 5. The number of amides is 1. The van der Waals surface area contributed by atoms with Crippen molar-refractivity contribution in [1.29, 1.82) is 0 Å². The van der Waals surface area contributed by atoms with E-state index in [1.807, 2.05) is 24.3 Å². The molecule has 160 valence electrons. The third-order valence-corrected chi connectivity index (χ3v) is 5.23. The molecule has 0 saturated carbocycles. The second kappa shape index (κ2) is 9.57. The number of hydrogen-bond donors (Lipinski definition) is 2. The summed E-state index contributed by atoms with van der Waals surface area (Å²) < 4.78 is 18.7. The first-order chi connectivity index (χ1) is 15.1. The maximum Gasteiger partial charge on any atom is 0.251 e. The molecule has 1 aliphatic rings. The molecule has 3 aromatic rings. The number of ether oxygens (including phenoxy) is 1. The van der Waals surface area contributed by atoms with Gasteiger partial charge in [0.15, 0.2) is 0 Å². The van der Waals surface area contributed by atoms with Crippen LogP contribution < -0.4 is 15.0 Å². The van der Waals surface area contributed by atoms with Crippen molar-refractivity contribution in [3.8, 4) is 11.6 Å². The molecular weight excluding hydrogens is 397 g/mol. The van der Waals surface area contributed by atoms with Gasteiger partial charge in [-0.25, -0.2) is 9.37 Å². The second-order valence-corrected chi connectivity index (χ2v) is 7.51. The Morgan fingerprint density at radius 3 is 2.58 bits per heavy atom. The fourth-order valence-corrected chi connectivity index (χ4v) is 3.46. The number of nitrogens with one attached hydrogen (secondary N) is 1. The quantitative estimate of drug-likeness (QED) is 0.631. The van der Waals surface area contributed by atoms with E-state index in [2.05, 4.69) is 15.2 Å². The van der Waals surface area contributed by atoms with Crippen LogP contribution in [0.15, 0.2) is 66.9 Å². The highest BCUT2D eigenvalue weighted by atomic mass is 19.1. The van der Waals surface area contributed by atoms with Gasteiger partial charge in [-0.1, -0.05) is 12.1 Å². The van der Waals surface area contributed by atoms with E-state index in [0.29, 0.717) is 23.7 Å². The molecule has 2 N–H and O–H groups in total. The van der Waals surface area contributed by atoms with E-state index >= 15 is 0 Å². The molecule has 4 rings (SSSR count). The van der Waals surface area contributed by atoms with Gasteiger partial charge in [-0.05, 0) is 54.8 Å². The summed E-state index contributed by atoms with van der Waals surface area (Å²) in [4.78, 5) is 18.9. The largest absolute Gasteiger partial charge is 0.439 e. The van der Waals surface area contributed by atoms with Gasteiger partial charge in [0.2, 0.25) is 5.88 Å². The van der Waals surface area contributed by atoms with Crippen molar-refractivity contribution in [3.05, 3.63) is 83.8 Å². The lowest BCUT2D eigenvalue weighted by molar-refractivity contribution is 0.0951. The Hall–Kier alpha value is -3.45. The highest BCUT2D eigenvalue weighted by Crippen LogP contribution is 2.21. The zero-order chi connectivity index (χ0) is 21.6. The van der Waals surface area contributed by atoms with Crippen molar-refractivity contribution in [2.24, 2.45) is 0 Å². The molecule has 7 heteroatoms. The van der Waals surface area contributed by atoms with E-state index in [9.17, 15) is 14.3 Å². The predicted molar refractivity (Wildman–Crippen MR) is 116 cm³/mol. The van der Waals surface area contributed by atoms with Gasteiger partial charge in [0.05, 0.1) is 6.10 Å². The minimum atomic E-state index is -0.375. The van der Waals surface area contributed by atoms with Gasteiger partial charge in [0.25, 0.3) is 5.91 Å². The van der Waals surface area contributed by atoms with Gasteiger partial charge < -0.3 is 20.1 Å². The summed E-state index contributed by atoms with van der Waals surface area (Å²) in [5, 5.41) is 12.5. The zero-order valence-corrected chi connectivity index (χ0v) is 17.0. The molecule has 1 aromatic heterocycles. The standard InChI is InChI=1S/C24H24FN3O3/c25-19-2-1-3-22(14-19)31-23-9-4-17(15-26-23)16-27-24(30)18-5-7-20(8-6-18)28-12-10-21(29)11-13-28/h1-9,14-15,21,29H,10-13,16H2,(H,27,30). The molecule has 0 atom stereocenters. The SMILES string of the molecule is O=C(NCc1ccc(Oc2cccc(F)c2)nc1)c1ccc(N2CCC(O)CC2)cc1. The number of rotatable bonds is 6. The third kappa shape index (κ3) is 5.58. The van der Waals surface area contributed by atoms with Crippen molar-refractivity contribution in [3.63, 3.8) is 0 Å². The topological polar surface area (TPSA) is 74.7 Å². The van der Waals surface area contributed by atoms with Gasteiger partial charge in [-0.3, -0.25) is 4.79 Å². The molecule has 1 fully saturated rings. The van der Waals surface area contributed by atoms with Crippen molar-refractivity contribution >= 4 is 11.6 Å². The normalized spacial score (nSPS) is 14.3. The van der Waals surface area contributed by atoms with Gasteiger partial charge in [0, 0.05) is 49.2 Å². The van der Waals surface area contributed by atoms with Crippen LogP contribution in [-0.2, 0) is 6.54 Å². The maximum atomic E-state index is 13.2. The van der Waals surface area contributed by atoms with Crippen LogP contribution in [0.4, 0.5) is 10.1 Å². The fraction of sp³-hybridized carbons (Fsp3) is 0.250. The summed E-state index contributed by atoms with van der Waals surface area (Å²) in [6.45, 7) is 1.97. The van der Waals surface area contributed by atoms with E-state index in [1.54, 1.807) is 30.5 Å². The number of piperidine rings is 1. The number of aromatic nitrogens is 1. The lowest BCUT2D eigenvalue weighted by atomic mass is 10.1. The molecule has 6 nitrogen and oxygen atoms in total. The van der Waals surface area contributed by atoms with Crippen LogP contribution in [-0.4, -0.2) is 35.2 Å². The monoisotopic (exact) mass is 421 g/mol. The molecule has 0 aliphatic carbocycles. The average Bonchev–Trinajstić information content (AvgIpc) is 2.79. The number of carbonyl (C=O) groups is 1. The summed E-state index contributed by atoms with van der Waals surface area (Å²) in [6, 6.07) is 16.8. The highest BCUT2D eigenvalue weighted by molar-refractivity contribution is 5.94. The maximum absolute atomic E-state index is 13.2. The number of benzene rings is 2. The average molecular weight is 421 g/mol. The highest BCUT2D eigenvalue weighted by Gasteiger charge is 2.17. The van der Waals surface area contributed by atoms with Crippen molar-refractivity contribution in [2.75, 3.05) is 18.0 Å². The van der Waals surface area contributed by atoms with Crippen molar-refractivity contribution in [2.45, 2.75) is 25.5 Å². The Bertz CT molecular complexity index is 1020. The van der Waals surface area contributed by atoms with Crippen LogP contribution in [0.2, 0.25) is 0 Å². The van der Waals surface area contributed by atoms with E-state index in [0.717, 1.165) is 37.2 Å². The molecule has 2 aromatic carbocycles. The molecule has 0 unspecified atom stereocenters. The number of nitrogens with zero attached hydrogens (tertiary/aromatic N) is 2. The van der Waals surface area contributed by atoms with Crippen LogP contribution >= 0.6 is 0 Å². The Morgan fingerprint density at radius 2 is 1.90 bits per heavy atom. The van der Waals surface area contributed by atoms with Gasteiger partial charge in [-0.15, -0.1) is 0 Å². The van der Waals surface area contributed by atoms with Gasteiger partial charge >= 0.3 is 0 Å². The molecule has 1 saturated heterocycles. The number of anilines is 1. The summed E-state index contributed by atoms with van der Waals surface area (Å²) in [5.74, 6) is 0.180. The summed E-state index contributed by atoms with van der Waals surface area (Å²) in [6.07, 6.45) is 2.94. The summed E-state index contributed by atoms with van der Waals surface area (Å²) in [7, 11) is 0. The first kappa shape index (κ1) is 20.8. The molecule has 1 amide bonds. The number of pyridine rings is 1. The molecule has 0 spiro atoms. The summed E-state index contributed by atoms with van der Waals surface area (Å²) in [5.41, 5.74) is 2.46. The molecular formula is C24H24FN3O3. The van der Waals surface area contributed by atoms with Crippen LogP contribution in [0.25, 0.3) is 0 Å². The lowest BCUT2D eigenvalue weighted by Gasteiger charge is -2.31. The van der Waals surface area contributed by atoms with Crippen LogP contribution in [0, 0.1) is 5.82 Å². The van der Waals surface area contributed by atoms with Crippen molar-refractivity contribution in [1.82, 2.24) is 10.3 Å². The van der Waals surface area contributed by atoms with Gasteiger partial charge in [-0.2, -0.15) is 0 Å². The Kier molecular flexibility index (Phi) is 6.43. The minimum Gasteiger partial charge on any atom is -0.439 e. The number of aliphatic hydroxyl groups is 1. The Labute approximate surface area is 180 Å². The van der Waals surface area contributed by atoms with Crippen molar-refractivity contribution < 1.29 is 19.0 Å². The minimum absolute atomic E-state index is 0.166. The lowest BCUT2D eigenvalue weighted by Crippen LogP contribution is -2.35. The number of carbonyl (C=O) groups excluding carboxylic acids is 1. The van der Waals surface area contributed by atoms with E-state index in [1.165, 1.54) is 12.1 Å². The predicted octanol–water partition coefficient (Wildman–Crippen LogP) is 3.90. The zero-order valence-electron chi connectivity index (χ0n) is 17.0. The second-order valence-electron chi connectivity index (χ2n) is 7.51. The van der Waals surface area contributed by atoms with E-state index in [-0.39, 0.29) is 17.8 Å². The number of aliphatic hydroxyl groups excluding tert-OH is 1. The first-order valence-electron chi connectivity index (χ1n) is 10.3.